The van der Waals surface area contributed by atoms with Crippen LogP contribution in [0.15, 0.2) is 24.3 Å². The van der Waals surface area contributed by atoms with Gasteiger partial charge in [0.05, 0.1) is 5.75 Å². The predicted molar refractivity (Wildman–Crippen MR) is 64.3 cm³/mol. The first kappa shape index (κ1) is 13.0. The van der Waals surface area contributed by atoms with E-state index in [9.17, 15) is 13.2 Å². The Bertz CT molecular complexity index is 485. The number of benzene rings is 1. The van der Waals surface area contributed by atoms with Crippen molar-refractivity contribution in [2.45, 2.75) is 13.3 Å². The SMILES string of the molecule is CCCS(=O)(=O)Nc1cccc(C(=O)Cl)c1. The average Bonchev–Trinajstić information content (AvgIpc) is 2.17. The van der Waals surface area contributed by atoms with E-state index in [0.717, 1.165) is 0 Å². The molecule has 1 aromatic carbocycles. The van der Waals surface area contributed by atoms with Gasteiger partial charge in [-0.3, -0.25) is 9.52 Å². The molecule has 0 heterocycles. The monoisotopic (exact) mass is 261 g/mol. The fraction of sp³-hybridized carbons (Fsp3) is 0.300. The first-order chi connectivity index (χ1) is 7.44. The largest absolute Gasteiger partial charge is 0.284 e. The van der Waals surface area contributed by atoms with Crippen molar-refractivity contribution in [1.29, 1.82) is 0 Å². The summed E-state index contributed by atoms with van der Waals surface area (Å²) in [6.07, 6.45) is 0.531. The number of sulfonamides is 1. The highest BCUT2D eigenvalue weighted by molar-refractivity contribution is 7.92. The molecule has 0 unspecified atom stereocenters. The van der Waals surface area contributed by atoms with Gasteiger partial charge in [-0.1, -0.05) is 13.0 Å². The Kier molecular flexibility index (Phi) is 4.32. The minimum absolute atomic E-state index is 0.0477. The van der Waals surface area contributed by atoms with Crippen molar-refractivity contribution in [3.8, 4) is 0 Å². The van der Waals surface area contributed by atoms with Gasteiger partial charge in [-0.05, 0) is 36.2 Å². The lowest BCUT2D eigenvalue weighted by atomic mass is 10.2. The Morgan fingerprint density at radius 3 is 2.69 bits per heavy atom. The third-order valence-electron chi connectivity index (χ3n) is 1.84. The van der Waals surface area contributed by atoms with Gasteiger partial charge in [0, 0.05) is 11.3 Å². The van der Waals surface area contributed by atoms with E-state index in [1.165, 1.54) is 12.1 Å². The molecule has 0 aliphatic rings. The van der Waals surface area contributed by atoms with E-state index in [1.807, 2.05) is 0 Å². The topological polar surface area (TPSA) is 63.2 Å². The zero-order valence-corrected chi connectivity index (χ0v) is 10.3. The van der Waals surface area contributed by atoms with Gasteiger partial charge in [-0.2, -0.15) is 0 Å². The molecular weight excluding hydrogens is 250 g/mol. The molecule has 1 aromatic rings. The summed E-state index contributed by atoms with van der Waals surface area (Å²) in [5.74, 6) is 0.0477. The van der Waals surface area contributed by atoms with Gasteiger partial charge in [0.25, 0.3) is 5.24 Å². The molecule has 4 nitrogen and oxygen atoms in total. The zero-order valence-electron chi connectivity index (χ0n) is 8.73. The summed E-state index contributed by atoms with van der Waals surface area (Å²) in [7, 11) is -3.33. The van der Waals surface area contributed by atoms with Crippen molar-refractivity contribution in [2.75, 3.05) is 10.5 Å². The van der Waals surface area contributed by atoms with Gasteiger partial charge in [0.15, 0.2) is 0 Å². The van der Waals surface area contributed by atoms with E-state index in [-0.39, 0.29) is 11.3 Å². The Labute approximate surface area is 99.7 Å². The molecule has 0 spiro atoms. The molecule has 6 heteroatoms. The van der Waals surface area contributed by atoms with Gasteiger partial charge >= 0.3 is 0 Å². The van der Waals surface area contributed by atoms with Crippen molar-refractivity contribution < 1.29 is 13.2 Å². The maximum Gasteiger partial charge on any atom is 0.252 e. The zero-order chi connectivity index (χ0) is 12.2. The van der Waals surface area contributed by atoms with Crippen molar-refractivity contribution in [1.82, 2.24) is 0 Å². The van der Waals surface area contributed by atoms with Gasteiger partial charge < -0.3 is 0 Å². The predicted octanol–water partition coefficient (Wildman–Crippen LogP) is 2.22. The fourth-order valence-corrected chi connectivity index (χ4v) is 2.45. The molecule has 0 bridgehead atoms. The number of carbonyl (C=O) groups is 1. The van der Waals surface area contributed by atoms with E-state index < -0.39 is 15.3 Å². The van der Waals surface area contributed by atoms with Crippen LogP contribution in [0.2, 0.25) is 0 Å². The van der Waals surface area contributed by atoms with Crippen LogP contribution in [0.1, 0.15) is 23.7 Å². The van der Waals surface area contributed by atoms with Crippen LogP contribution < -0.4 is 4.72 Å². The van der Waals surface area contributed by atoms with Gasteiger partial charge in [0.1, 0.15) is 0 Å². The van der Waals surface area contributed by atoms with E-state index in [1.54, 1.807) is 19.1 Å². The molecule has 0 atom stereocenters. The van der Waals surface area contributed by atoms with Gasteiger partial charge in [-0.25, -0.2) is 8.42 Å². The van der Waals surface area contributed by atoms with Crippen LogP contribution in [0.4, 0.5) is 5.69 Å². The van der Waals surface area contributed by atoms with Crippen molar-refractivity contribution in [3.05, 3.63) is 29.8 Å². The Balaban J connectivity index is 2.90. The number of rotatable bonds is 5. The molecule has 0 radical (unpaired) electrons. The normalized spacial score (nSPS) is 11.1. The maximum atomic E-state index is 11.5. The molecule has 0 saturated carbocycles. The minimum atomic E-state index is -3.33. The lowest BCUT2D eigenvalue weighted by Crippen LogP contribution is -2.16. The van der Waals surface area contributed by atoms with Crippen LogP contribution in [-0.4, -0.2) is 19.4 Å². The van der Waals surface area contributed by atoms with Crippen LogP contribution in [0.3, 0.4) is 0 Å². The summed E-state index contributed by atoms with van der Waals surface area (Å²) in [4.78, 5) is 10.9. The fourth-order valence-electron chi connectivity index (χ4n) is 1.20. The molecule has 88 valence electrons. The number of hydrogen-bond acceptors (Lipinski definition) is 3. The summed E-state index contributed by atoms with van der Waals surface area (Å²) in [6, 6.07) is 6.06. The van der Waals surface area contributed by atoms with Crippen molar-refractivity contribution in [3.63, 3.8) is 0 Å². The number of halogens is 1. The molecule has 0 aliphatic carbocycles. The number of carbonyl (C=O) groups excluding carboxylic acids is 1. The highest BCUT2D eigenvalue weighted by Crippen LogP contribution is 2.14. The first-order valence-corrected chi connectivity index (χ1v) is 6.78. The molecular formula is C10H12ClNO3S. The maximum absolute atomic E-state index is 11.5. The van der Waals surface area contributed by atoms with Gasteiger partial charge in [-0.15, -0.1) is 0 Å². The quantitative estimate of drug-likeness (QED) is 0.827. The molecule has 0 saturated heterocycles. The highest BCUT2D eigenvalue weighted by atomic mass is 35.5. The molecule has 1 N–H and O–H groups in total. The molecule has 0 aliphatic heterocycles. The lowest BCUT2D eigenvalue weighted by molar-refractivity contribution is 0.108. The highest BCUT2D eigenvalue weighted by Gasteiger charge is 2.09. The minimum Gasteiger partial charge on any atom is -0.284 e. The second-order valence-corrected chi connectivity index (χ2v) is 5.46. The molecule has 0 fully saturated rings. The number of anilines is 1. The third kappa shape index (κ3) is 3.83. The van der Waals surface area contributed by atoms with E-state index in [0.29, 0.717) is 12.1 Å². The summed E-state index contributed by atoms with van der Waals surface area (Å²) in [5, 5.41) is -0.614. The van der Waals surface area contributed by atoms with Crippen LogP contribution in [0.5, 0.6) is 0 Å². The van der Waals surface area contributed by atoms with E-state index >= 15 is 0 Å². The second-order valence-electron chi connectivity index (χ2n) is 3.28. The van der Waals surface area contributed by atoms with E-state index in [2.05, 4.69) is 4.72 Å². The smallest absolute Gasteiger partial charge is 0.252 e. The summed E-state index contributed by atoms with van der Waals surface area (Å²) >= 11 is 5.29. The van der Waals surface area contributed by atoms with Crippen molar-refractivity contribution in [2.24, 2.45) is 0 Å². The first-order valence-electron chi connectivity index (χ1n) is 4.75. The average molecular weight is 262 g/mol. The van der Waals surface area contributed by atoms with Crippen LogP contribution >= 0.6 is 11.6 Å². The van der Waals surface area contributed by atoms with Crippen LogP contribution in [0.25, 0.3) is 0 Å². The van der Waals surface area contributed by atoms with Crippen LogP contribution in [-0.2, 0) is 10.0 Å². The Morgan fingerprint density at radius 2 is 2.12 bits per heavy atom. The Hall–Kier alpha value is -1.07. The number of nitrogens with one attached hydrogen (secondary N) is 1. The second kappa shape index (κ2) is 5.32. The third-order valence-corrected chi connectivity index (χ3v) is 3.55. The number of hydrogen-bond donors (Lipinski definition) is 1. The van der Waals surface area contributed by atoms with E-state index in [4.69, 9.17) is 11.6 Å². The summed E-state index contributed by atoms with van der Waals surface area (Å²) in [6.45, 7) is 1.78. The standard InChI is InChI=1S/C10H12ClNO3S/c1-2-6-16(14,15)12-9-5-3-4-8(7-9)10(11)13/h3-5,7,12H,2,6H2,1H3. The molecule has 16 heavy (non-hydrogen) atoms. The summed E-state index contributed by atoms with van der Waals surface area (Å²) in [5.41, 5.74) is 0.610. The van der Waals surface area contributed by atoms with Gasteiger partial charge in [0.2, 0.25) is 10.0 Å². The molecule has 0 amide bonds. The van der Waals surface area contributed by atoms with Crippen LogP contribution in [0, 0.1) is 0 Å². The summed E-state index contributed by atoms with van der Waals surface area (Å²) < 4.78 is 25.3. The van der Waals surface area contributed by atoms with Crippen molar-refractivity contribution >= 4 is 32.6 Å². The molecule has 1 rings (SSSR count). The lowest BCUT2D eigenvalue weighted by Gasteiger charge is -2.07. The molecule has 0 aromatic heterocycles. The Morgan fingerprint density at radius 1 is 1.44 bits per heavy atom.